The summed E-state index contributed by atoms with van der Waals surface area (Å²) >= 11 is 0. The molecule has 2 amide bonds. The molecule has 8 nitrogen and oxygen atoms in total. The van der Waals surface area contributed by atoms with Crippen molar-refractivity contribution in [1.82, 2.24) is 19.5 Å². The van der Waals surface area contributed by atoms with Crippen LogP contribution in [0.25, 0.3) is 28.0 Å². The molecule has 0 bridgehead atoms. The summed E-state index contributed by atoms with van der Waals surface area (Å²) in [6, 6.07) is 19.4. The van der Waals surface area contributed by atoms with Crippen LogP contribution in [-0.4, -0.2) is 49.6 Å². The Morgan fingerprint density at radius 3 is 2.58 bits per heavy atom. The zero-order chi connectivity index (χ0) is 22.9. The van der Waals surface area contributed by atoms with Gasteiger partial charge in [0.1, 0.15) is 5.70 Å². The number of benzene rings is 2. The molecule has 2 aromatic carbocycles. The number of nitrogens with one attached hydrogen (secondary N) is 1. The average Bonchev–Trinajstić information content (AvgIpc) is 3.30. The molecule has 0 radical (unpaired) electrons. The molecule has 33 heavy (non-hydrogen) atoms. The van der Waals surface area contributed by atoms with Crippen LogP contribution in [0.2, 0.25) is 0 Å². The average molecular weight is 439 g/mol. The van der Waals surface area contributed by atoms with E-state index in [0.717, 1.165) is 38.6 Å². The van der Waals surface area contributed by atoms with Crippen molar-refractivity contribution in [1.29, 1.82) is 0 Å². The van der Waals surface area contributed by atoms with Crippen LogP contribution in [-0.2, 0) is 9.59 Å². The first kappa shape index (κ1) is 20.6. The Kier molecular flexibility index (Phi) is 5.20. The Morgan fingerprint density at radius 1 is 1.00 bits per heavy atom. The number of nitrogens with zero attached hydrogens (tertiary/aromatic N) is 4. The van der Waals surface area contributed by atoms with E-state index in [2.05, 4.69) is 10.3 Å². The number of fused-ring (bicyclic) bond motifs is 1. The van der Waals surface area contributed by atoms with Gasteiger partial charge in [0, 0.05) is 29.1 Å². The second-order valence-electron chi connectivity index (χ2n) is 7.67. The number of hydrogen-bond acceptors (Lipinski definition) is 6. The number of rotatable bonds is 6. The predicted octanol–water partition coefficient (Wildman–Crippen LogP) is 3.03. The van der Waals surface area contributed by atoms with E-state index in [0.29, 0.717) is 5.69 Å². The highest BCUT2D eigenvalue weighted by Crippen LogP contribution is 2.31. The number of aliphatic hydroxyl groups is 1. The zero-order valence-corrected chi connectivity index (χ0v) is 17.9. The fourth-order valence-electron chi connectivity index (χ4n) is 4.03. The summed E-state index contributed by atoms with van der Waals surface area (Å²) in [6.07, 6.45) is 3.01. The minimum absolute atomic E-state index is 0.0310. The number of carbonyl (C=O) groups excluding carboxylic acids is 2. The normalized spacial score (nSPS) is 13.6. The molecule has 2 N–H and O–H groups in total. The smallest absolute Gasteiger partial charge is 0.277 e. The molecule has 3 heterocycles. The summed E-state index contributed by atoms with van der Waals surface area (Å²) in [5, 5.41) is 16.9. The van der Waals surface area contributed by atoms with Crippen molar-refractivity contribution in [3.8, 4) is 22.4 Å². The SMILES string of the molecule is Cc1nn2c(-c3cccc(NC4=CC(=O)N(CCO)C4=O)c3)ccnc2c1-c1ccccc1. The molecule has 0 fully saturated rings. The molecular formula is C25H21N5O3. The van der Waals surface area contributed by atoms with Crippen LogP contribution in [0.4, 0.5) is 5.69 Å². The van der Waals surface area contributed by atoms with Gasteiger partial charge in [-0.15, -0.1) is 0 Å². The summed E-state index contributed by atoms with van der Waals surface area (Å²) in [5.74, 6) is -0.898. The number of aromatic nitrogens is 3. The number of aryl methyl sites for hydroxylation is 1. The first-order chi connectivity index (χ1) is 16.1. The number of carbonyl (C=O) groups is 2. The lowest BCUT2D eigenvalue weighted by atomic mass is 10.1. The van der Waals surface area contributed by atoms with Gasteiger partial charge in [-0.1, -0.05) is 42.5 Å². The summed E-state index contributed by atoms with van der Waals surface area (Å²) in [5.41, 5.74) is 6.21. The van der Waals surface area contributed by atoms with Gasteiger partial charge in [0.05, 0.1) is 24.5 Å². The van der Waals surface area contributed by atoms with Crippen LogP contribution in [0.3, 0.4) is 0 Å². The van der Waals surface area contributed by atoms with E-state index in [1.54, 1.807) is 6.20 Å². The Morgan fingerprint density at radius 2 is 1.79 bits per heavy atom. The molecule has 1 aliphatic heterocycles. The molecule has 0 unspecified atom stereocenters. The molecule has 0 spiro atoms. The molecule has 0 atom stereocenters. The monoisotopic (exact) mass is 439 g/mol. The fourth-order valence-corrected chi connectivity index (χ4v) is 4.03. The number of aliphatic hydroxyl groups excluding tert-OH is 1. The van der Waals surface area contributed by atoms with E-state index in [-0.39, 0.29) is 18.8 Å². The molecular weight excluding hydrogens is 418 g/mol. The molecule has 0 saturated carbocycles. The Bertz CT molecular complexity index is 1410. The molecule has 164 valence electrons. The molecule has 0 aliphatic carbocycles. The molecule has 4 aromatic rings. The molecule has 5 rings (SSSR count). The van der Waals surface area contributed by atoms with E-state index < -0.39 is 11.8 Å². The Balaban J connectivity index is 1.51. The second-order valence-corrected chi connectivity index (χ2v) is 7.67. The number of imide groups is 1. The highest BCUT2D eigenvalue weighted by molar-refractivity contribution is 6.17. The maximum Gasteiger partial charge on any atom is 0.277 e. The maximum absolute atomic E-state index is 12.5. The maximum atomic E-state index is 12.5. The summed E-state index contributed by atoms with van der Waals surface area (Å²) < 4.78 is 1.82. The van der Waals surface area contributed by atoms with Gasteiger partial charge in [-0.25, -0.2) is 9.50 Å². The van der Waals surface area contributed by atoms with E-state index in [1.807, 2.05) is 72.1 Å². The van der Waals surface area contributed by atoms with Crippen LogP contribution >= 0.6 is 0 Å². The summed E-state index contributed by atoms with van der Waals surface area (Å²) in [6.45, 7) is 1.66. The minimum Gasteiger partial charge on any atom is -0.395 e. The van der Waals surface area contributed by atoms with Gasteiger partial charge in [-0.05, 0) is 30.7 Å². The van der Waals surface area contributed by atoms with E-state index in [1.165, 1.54) is 6.08 Å². The van der Waals surface area contributed by atoms with Crippen molar-refractivity contribution >= 4 is 23.1 Å². The van der Waals surface area contributed by atoms with Crippen molar-refractivity contribution in [3.05, 3.63) is 84.3 Å². The van der Waals surface area contributed by atoms with E-state index in [4.69, 9.17) is 10.2 Å². The second kappa shape index (κ2) is 8.33. The van der Waals surface area contributed by atoms with E-state index in [9.17, 15) is 9.59 Å². The van der Waals surface area contributed by atoms with Crippen LogP contribution < -0.4 is 5.32 Å². The van der Waals surface area contributed by atoms with Gasteiger partial charge in [0.25, 0.3) is 11.8 Å². The fraction of sp³-hybridized carbons (Fsp3) is 0.120. The largest absolute Gasteiger partial charge is 0.395 e. The van der Waals surface area contributed by atoms with Crippen LogP contribution in [0.5, 0.6) is 0 Å². The van der Waals surface area contributed by atoms with Gasteiger partial charge in [0.15, 0.2) is 5.65 Å². The van der Waals surface area contributed by atoms with Crippen molar-refractivity contribution in [2.45, 2.75) is 6.92 Å². The lowest BCUT2D eigenvalue weighted by molar-refractivity contribution is -0.137. The van der Waals surface area contributed by atoms with Crippen LogP contribution in [0.15, 0.2) is 78.6 Å². The van der Waals surface area contributed by atoms with Gasteiger partial charge in [0.2, 0.25) is 0 Å². The third-order valence-corrected chi connectivity index (χ3v) is 5.53. The van der Waals surface area contributed by atoms with Crippen LogP contribution in [0.1, 0.15) is 5.69 Å². The standard InChI is InChI=1S/C25H21N5O3/c1-16-23(17-6-3-2-4-7-17)24-26-11-10-21(30(24)28-16)18-8-5-9-19(14-18)27-20-15-22(32)29(12-13-31)25(20)33/h2-11,14-15,27,31H,12-13H2,1H3. The lowest BCUT2D eigenvalue weighted by Crippen LogP contribution is -2.34. The predicted molar refractivity (Wildman–Crippen MR) is 124 cm³/mol. The van der Waals surface area contributed by atoms with Crippen molar-refractivity contribution < 1.29 is 14.7 Å². The van der Waals surface area contributed by atoms with Crippen molar-refractivity contribution in [2.24, 2.45) is 0 Å². The summed E-state index contributed by atoms with van der Waals surface area (Å²) in [4.78, 5) is 30.1. The summed E-state index contributed by atoms with van der Waals surface area (Å²) in [7, 11) is 0. The quantitative estimate of drug-likeness (QED) is 0.448. The number of β-amino-alcohol motifs (C(OH)–C–C–N with tert-alkyl or cyclic N) is 1. The molecule has 1 aliphatic rings. The Labute approximate surface area is 189 Å². The Hall–Kier alpha value is -4.30. The van der Waals surface area contributed by atoms with Gasteiger partial charge < -0.3 is 10.4 Å². The van der Waals surface area contributed by atoms with Gasteiger partial charge >= 0.3 is 0 Å². The van der Waals surface area contributed by atoms with Crippen LogP contribution in [0, 0.1) is 6.92 Å². The molecule has 0 saturated heterocycles. The topological polar surface area (TPSA) is 99.8 Å². The molecule has 8 heteroatoms. The first-order valence-corrected chi connectivity index (χ1v) is 10.5. The molecule has 2 aromatic heterocycles. The van der Waals surface area contributed by atoms with Crippen molar-refractivity contribution in [2.75, 3.05) is 18.5 Å². The first-order valence-electron chi connectivity index (χ1n) is 10.5. The zero-order valence-electron chi connectivity index (χ0n) is 17.9. The number of anilines is 1. The highest BCUT2D eigenvalue weighted by Gasteiger charge is 2.30. The van der Waals surface area contributed by atoms with Gasteiger partial charge in [-0.3, -0.25) is 14.5 Å². The third kappa shape index (κ3) is 3.66. The lowest BCUT2D eigenvalue weighted by Gasteiger charge is -2.14. The number of hydrogen-bond donors (Lipinski definition) is 2. The third-order valence-electron chi connectivity index (χ3n) is 5.53. The van der Waals surface area contributed by atoms with Gasteiger partial charge in [-0.2, -0.15) is 5.10 Å². The van der Waals surface area contributed by atoms with Crippen molar-refractivity contribution in [3.63, 3.8) is 0 Å². The minimum atomic E-state index is -0.457. The number of amides is 2. The van der Waals surface area contributed by atoms with E-state index >= 15 is 0 Å². The highest BCUT2D eigenvalue weighted by atomic mass is 16.3.